The van der Waals surface area contributed by atoms with Crippen molar-refractivity contribution in [1.29, 1.82) is 5.26 Å². The molecule has 174 valence electrons. The molecule has 4 aromatic rings. The smallest absolute Gasteiger partial charge is 0.269 e. The summed E-state index contributed by atoms with van der Waals surface area (Å²) in [6.07, 6.45) is 1.67. The van der Waals surface area contributed by atoms with Crippen molar-refractivity contribution in [2.45, 2.75) is 0 Å². The van der Waals surface area contributed by atoms with E-state index in [2.05, 4.69) is 21.4 Å². The fourth-order valence-corrected chi connectivity index (χ4v) is 3.30. The van der Waals surface area contributed by atoms with Gasteiger partial charge in [-0.3, -0.25) is 14.9 Å². The molecular formula is C25H19N5O5. The molecule has 1 heterocycles. The van der Waals surface area contributed by atoms with E-state index >= 15 is 0 Å². The number of para-hydroxylation sites is 2. The molecule has 0 atom stereocenters. The second-order valence-corrected chi connectivity index (χ2v) is 7.32. The van der Waals surface area contributed by atoms with E-state index in [9.17, 15) is 20.2 Å². The van der Waals surface area contributed by atoms with Crippen LogP contribution in [-0.4, -0.2) is 34.5 Å². The second-order valence-electron chi connectivity index (χ2n) is 7.32. The number of benzene rings is 3. The van der Waals surface area contributed by atoms with E-state index in [1.165, 1.54) is 31.4 Å². The number of nitrogens with zero attached hydrogens (tertiary/aromatic N) is 3. The van der Waals surface area contributed by atoms with Gasteiger partial charge in [0.05, 0.1) is 28.6 Å². The molecule has 0 bridgehead atoms. The van der Waals surface area contributed by atoms with Crippen molar-refractivity contribution in [3.63, 3.8) is 0 Å². The van der Waals surface area contributed by atoms with Gasteiger partial charge in [-0.05, 0) is 48.0 Å². The lowest BCUT2D eigenvalue weighted by Gasteiger charge is -2.11. The van der Waals surface area contributed by atoms with E-state index in [1.54, 1.807) is 24.3 Å². The van der Waals surface area contributed by atoms with Gasteiger partial charge in [0.2, 0.25) is 0 Å². The lowest BCUT2D eigenvalue weighted by atomic mass is 10.1. The Morgan fingerprint density at radius 1 is 1.17 bits per heavy atom. The Balaban J connectivity index is 1.45. The molecule has 35 heavy (non-hydrogen) atoms. The first-order chi connectivity index (χ1) is 17.0. The number of amides is 1. The maximum Gasteiger partial charge on any atom is 0.269 e. The number of nitro benzene ring substituents is 1. The third kappa shape index (κ3) is 5.43. The van der Waals surface area contributed by atoms with Crippen LogP contribution in [0.15, 0.2) is 66.7 Å². The van der Waals surface area contributed by atoms with Crippen LogP contribution in [-0.2, 0) is 4.79 Å². The number of nitriles is 1. The van der Waals surface area contributed by atoms with Crippen LogP contribution >= 0.6 is 0 Å². The average Bonchev–Trinajstić information content (AvgIpc) is 3.30. The monoisotopic (exact) mass is 469 g/mol. The number of allylic oxidation sites excluding steroid dienone is 1. The summed E-state index contributed by atoms with van der Waals surface area (Å²) in [6, 6.07) is 20.2. The van der Waals surface area contributed by atoms with Crippen molar-refractivity contribution in [2.24, 2.45) is 0 Å². The molecule has 0 saturated carbocycles. The zero-order valence-electron chi connectivity index (χ0n) is 18.5. The largest absolute Gasteiger partial charge is 0.493 e. The van der Waals surface area contributed by atoms with Crippen LogP contribution in [0.3, 0.4) is 0 Å². The van der Waals surface area contributed by atoms with E-state index in [0.29, 0.717) is 34.1 Å². The van der Waals surface area contributed by atoms with E-state index in [1.807, 2.05) is 24.3 Å². The second kappa shape index (κ2) is 10.2. The number of imidazole rings is 1. The molecule has 2 N–H and O–H groups in total. The van der Waals surface area contributed by atoms with Crippen LogP contribution in [0.2, 0.25) is 0 Å². The summed E-state index contributed by atoms with van der Waals surface area (Å²) >= 11 is 0. The zero-order chi connectivity index (χ0) is 24.8. The molecule has 10 heteroatoms. The highest BCUT2D eigenvalue weighted by molar-refractivity contribution is 5.92. The normalized spacial score (nSPS) is 11.0. The van der Waals surface area contributed by atoms with E-state index in [0.717, 1.165) is 11.0 Å². The van der Waals surface area contributed by atoms with Crippen LogP contribution in [0.25, 0.3) is 22.7 Å². The molecular weight excluding hydrogens is 450 g/mol. The number of aromatic amines is 1. The van der Waals surface area contributed by atoms with Gasteiger partial charge in [-0.25, -0.2) is 4.98 Å². The van der Waals surface area contributed by atoms with E-state index in [4.69, 9.17) is 9.47 Å². The SMILES string of the molecule is COc1cc(C=C(C#N)c2nc3ccccc3[nH]2)ccc1OCC(=O)Nc1ccc([N+](=O)[O-])cc1. The lowest BCUT2D eigenvalue weighted by Crippen LogP contribution is -2.20. The van der Waals surface area contributed by atoms with Crippen LogP contribution in [0.1, 0.15) is 11.4 Å². The summed E-state index contributed by atoms with van der Waals surface area (Å²) in [7, 11) is 1.47. The highest BCUT2D eigenvalue weighted by atomic mass is 16.6. The van der Waals surface area contributed by atoms with Crippen LogP contribution in [0.4, 0.5) is 11.4 Å². The number of aromatic nitrogens is 2. The number of H-pyrrole nitrogens is 1. The number of carbonyl (C=O) groups is 1. The predicted molar refractivity (Wildman–Crippen MR) is 130 cm³/mol. The molecule has 0 saturated heterocycles. The highest BCUT2D eigenvalue weighted by Crippen LogP contribution is 2.30. The number of carbonyl (C=O) groups excluding carboxylic acids is 1. The van der Waals surface area contributed by atoms with Gasteiger partial charge in [-0.15, -0.1) is 0 Å². The fourth-order valence-electron chi connectivity index (χ4n) is 3.30. The van der Waals surface area contributed by atoms with Crippen molar-refractivity contribution in [1.82, 2.24) is 9.97 Å². The number of hydrogen-bond donors (Lipinski definition) is 2. The van der Waals surface area contributed by atoms with Gasteiger partial charge in [-0.1, -0.05) is 18.2 Å². The number of fused-ring (bicyclic) bond motifs is 1. The molecule has 10 nitrogen and oxygen atoms in total. The number of ether oxygens (including phenoxy) is 2. The van der Waals surface area contributed by atoms with Crippen LogP contribution in [0.5, 0.6) is 11.5 Å². The molecule has 0 radical (unpaired) electrons. The Kier molecular flexibility index (Phi) is 6.69. The first-order valence-corrected chi connectivity index (χ1v) is 10.4. The van der Waals surface area contributed by atoms with Gasteiger partial charge >= 0.3 is 0 Å². The van der Waals surface area contributed by atoms with Crippen molar-refractivity contribution in [3.05, 3.63) is 88.2 Å². The Labute approximate surface area is 199 Å². The Hall–Kier alpha value is -5.17. The van der Waals surface area contributed by atoms with E-state index < -0.39 is 10.8 Å². The summed E-state index contributed by atoms with van der Waals surface area (Å²) in [5.74, 6) is 0.729. The first-order valence-electron chi connectivity index (χ1n) is 10.4. The minimum absolute atomic E-state index is 0.0713. The minimum atomic E-state index is -0.518. The molecule has 3 aromatic carbocycles. The fraction of sp³-hybridized carbons (Fsp3) is 0.0800. The summed E-state index contributed by atoms with van der Waals surface area (Å²) in [5, 5.41) is 23.0. The third-order valence-electron chi connectivity index (χ3n) is 4.98. The molecule has 0 fully saturated rings. The van der Waals surface area contributed by atoms with Gasteiger partial charge < -0.3 is 19.8 Å². The van der Waals surface area contributed by atoms with Crippen molar-refractivity contribution < 1.29 is 19.2 Å². The summed E-state index contributed by atoms with van der Waals surface area (Å²) < 4.78 is 11.0. The van der Waals surface area contributed by atoms with Gasteiger partial charge in [-0.2, -0.15) is 5.26 Å². The molecule has 1 aromatic heterocycles. The standard InChI is InChI=1S/C25H19N5O5/c1-34-23-13-16(12-17(14-26)25-28-20-4-2-3-5-21(20)29-25)6-11-22(23)35-15-24(31)27-18-7-9-19(10-8-18)30(32)33/h2-13H,15H2,1H3,(H,27,31)(H,28,29). The molecule has 0 aliphatic carbocycles. The molecule has 0 unspecified atom stereocenters. The topological polar surface area (TPSA) is 143 Å². The third-order valence-corrected chi connectivity index (χ3v) is 4.98. The molecule has 1 amide bonds. The Morgan fingerprint density at radius 3 is 2.63 bits per heavy atom. The zero-order valence-corrected chi connectivity index (χ0v) is 18.5. The minimum Gasteiger partial charge on any atom is -0.493 e. The van der Waals surface area contributed by atoms with Gasteiger partial charge in [0.25, 0.3) is 11.6 Å². The van der Waals surface area contributed by atoms with Crippen molar-refractivity contribution in [2.75, 3.05) is 19.0 Å². The number of anilines is 1. The van der Waals surface area contributed by atoms with Crippen molar-refractivity contribution >= 4 is 40.0 Å². The Morgan fingerprint density at radius 2 is 1.94 bits per heavy atom. The number of methoxy groups -OCH3 is 1. The predicted octanol–water partition coefficient (Wildman–Crippen LogP) is 4.56. The van der Waals surface area contributed by atoms with Crippen molar-refractivity contribution in [3.8, 4) is 17.6 Å². The maximum absolute atomic E-state index is 12.2. The quantitative estimate of drug-likeness (QED) is 0.219. The number of hydrogen-bond acceptors (Lipinski definition) is 7. The molecule has 4 rings (SSSR count). The van der Waals surface area contributed by atoms with Crippen LogP contribution in [0, 0.1) is 21.4 Å². The average molecular weight is 469 g/mol. The van der Waals surface area contributed by atoms with Gasteiger partial charge in [0, 0.05) is 17.8 Å². The van der Waals surface area contributed by atoms with Gasteiger partial charge in [0.15, 0.2) is 18.1 Å². The molecule has 0 aliphatic rings. The number of rotatable bonds is 8. The van der Waals surface area contributed by atoms with Crippen LogP contribution < -0.4 is 14.8 Å². The number of nitrogens with one attached hydrogen (secondary N) is 2. The number of nitro groups is 1. The highest BCUT2D eigenvalue weighted by Gasteiger charge is 2.12. The molecule has 0 spiro atoms. The Bertz CT molecular complexity index is 1430. The molecule has 0 aliphatic heterocycles. The maximum atomic E-state index is 12.2. The summed E-state index contributed by atoms with van der Waals surface area (Å²) in [4.78, 5) is 30.0. The summed E-state index contributed by atoms with van der Waals surface area (Å²) in [5.41, 5.74) is 2.96. The number of non-ortho nitro benzene ring substituents is 1. The van der Waals surface area contributed by atoms with E-state index in [-0.39, 0.29) is 12.3 Å². The van der Waals surface area contributed by atoms with Gasteiger partial charge in [0.1, 0.15) is 11.9 Å². The summed E-state index contributed by atoms with van der Waals surface area (Å²) in [6.45, 7) is -0.301. The lowest BCUT2D eigenvalue weighted by molar-refractivity contribution is -0.384. The first kappa shape index (κ1) is 23.0.